The first-order valence-electron chi connectivity index (χ1n) is 11.3. The van der Waals surface area contributed by atoms with Gasteiger partial charge in [-0.3, -0.25) is 14.8 Å². The molecule has 37 heavy (non-hydrogen) atoms. The number of ether oxygens (including phenoxy) is 2. The van der Waals surface area contributed by atoms with Crippen LogP contribution in [0.2, 0.25) is 10.0 Å². The van der Waals surface area contributed by atoms with Gasteiger partial charge in [-0.2, -0.15) is 0 Å². The van der Waals surface area contributed by atoms with E-state index in [4.69, 9.17) is 37.7 Å². The number of nitro groups is 1. The molecule has 2 N–H and O–H groups in total. The molecule has 0 spiro atoms. The highest BCUT2D eigenvalue weighted by molar-refractivity contribution is 6.41. The Morgan fingerprint density at radius 1 is 1.14 bits per heavy atom. The van der Waals surface area contributed by atoms with Gasteiger partial charge in [-0.25, -0.2) is 15.0 Å². The Bertz CT molecular complexity index is 1490. The summed E-state index contributed by atoms with van der Waals surface area (Å²) in [6, 6.07) is 3.37. The average Bonchev–Trinajstić information content (AvgIpc) is 3.63. The minimum Gasteiger partial charge on any atom is -0.495 e. The van der Waals surface area contributed by atoms with Gasteiger partial charge in [0.1, 0.15) is 23.2 Å². The number of fused-ring (bicyclic) bond motifs is 1. The van der Waals surface area contributed by atoms with Crippen molar-refractivity contribution in [3.8, 4) is 22.8 Å². The zero-order valence-electron chi connectivity index (χ0n) is 20.1. The van der Waals surface area contributed by atoms with Crippen LogP contribution in [0.4, 0.5) is 23.3 Å². The molecular weight excluding hydrogens is 523 g/mol. The molecule has 0 saturated heterocycles. The monoisotopic (exact) mass is 544 g/mol. The smallest absolute Gasteiger partial charge is 0.331 e. The van der Waals surface area contributed by atoms with Gasteiger partial charge < -0.3 is 20.1 Å². The Morgan fingerprint density at radius 3 is 2.46 bits per heavy atom. The fourth-order valence-electron chi connectivity index (χ4n) is 3.83. The van der Waals surface area contributed by atoms with Crippen LogP contribution in [0.15, 0.2) is 24.5 Å². The Balaban J connectivity index is 1.62. The minimum atomic E-state index is -0.525. The molecule has 1 aliphatic carbocycles. The van der Waals surface area contributed by atoms with Gasteiger partial charge in [-0.05, 0) is 24.8 Å². The van der Waals surface area contributed by atoms with Crippen LogP contribution in [-0.4, -0.2) is 50.4 Å². The zero-order valence-corrected chi connectivity index (χ0v) is 21.6. The van der Waals surface area contributed by atoms with Crippen molar-refractivity contribution in [2.75, 3.05) is 31.4 Å². The molecule has 0 aliphatic heterocycles. The molecule has 1 aliphatic rings. The Hall–Kier alpha value is -3.90. The summed E-state index contributed by atoms with van der Waals surface area (Å²) >= 11 is 13.3. The summed E-state index contributed by atoms with van der Waals surface area (Å²) in [5.74, 6) is 2.00. The number of aryl methyl sites for hydroxylation is 1. The fraction of sp³-hybridized carbons (Fsp3) is 0.304. The maximum atomic E-state index is 11.4. The van der Waals surface area contributed by atoms with Crippen LogP contribution in [0, 0.1) is 16.0 Å². The fourth-order valence-corrected chi connectivity index (χ4v) is 4.52. The predicted octanol–water partition coefficient (Wildman–Crippen LogP) is 5.22. The highest BCUT2D eigenvalue weighted by Crippen LogP contribution is 2.46. The van der Waals surface area contributed by atoms with Crippen molar-refractivity contribution in [1.29, 1.82) is 0 Å². The van der Waals surface area contributed by atoms with Crippen molar-refractivity contribution < 1.29 is 14.4 Å². The van der Waals surface area contributed by atoms with Gasteiger partial charge in [0.2, 0.25) is 11.8 Å². The van der Waals surface area contributed by atoms with Gasteiger partial charge in [0.25, 0.3) is 0 Å². The first-order chi connectivity index (χ1) is 17.8. The second-order valence-electron chi connectivity index (χ2n) is 8.51. The molecule has 3 aromatic heterocycles. The van der Waals surface area contributed by atoms with Crippen LogP contribution in [-0.2, 0) is 7.05 Å². The largest absolute Gasteiger partial charge is 0.495 e. The third-order valence-electron chi connectivity index (χ3n) is 5.89. The number of halogens is 2. The third-order valence-corrected chi connectivity index (χ3v) is 6.64. The van der Waals surface area contributed by atoms with Crippen molar-refractivity contribution in [3.63, 3.8) is 0 Å². The molecular formula is C23H22Cl2N8O4. The number of hydrogen-bond donors (Lipinski definition) is 2. The molecule has 0 radical (unpaired) electrons. The molecule has 1 aromatic carbocycles. The lowest BCUT2D eigenvalue weighted by Crippen LogP contribution is -2.08. The number of aromatic nitrogens is 5. The third kappa shape index (κ3) is 4.89. The number of rotatable bonds is 9. The second kappa shape index (κ2) is 9.87. The number of benzene rings is 1. The van der Waals surface area contributed by atoms with E-state index in [-0.39, 0.29) is 27.5 Å². The van der Waals surface area contributed by atoms with Crippen LogP contribution < -0.4 is 20.1 Å². The van der Waals surface area contributed by atoms with Gasteiger partial charge in [0.05, 0.1) is 34.9 Å². The Morgan fingerprint density at radius 2 is 1.84 bits per heavy atom. The van der Waals surface area contributed by atoms with E-state index in [1.165, 1.54) is 25.1 Å². The number of nitrogens with zero attached hydrogens (tertiary/aromatic N) is 6. The molecule has 0 unspecified atom stereocenters. The van der Waals surface area contributed by atoms with Crippen LogP contribution in [0.25, 0.3) is 22.2 Å². The number of nitrogens with one attached hydrogen (secondary N) is 2. The maximum absolute atomic E-state index is 11.4. The normalized spacial score (nSPS) is 13.0. The Kier molecular flexibility index (Phi) is 6.61. The van der Waals surface area contributed by atoms with Crippen molar-refractivity contribution >= 4 is 57.4 Å². The summed E-state index contributed by atoms with van der Waals surface area (Å²) in [6.45, 7) is 0.715. The van der Waals surface area contributed by atoms with E-state index >= 15 is 0 Å². The SMILES string of the molecule is COc1cc(OC)c(Cl)c(-c2cc3cnc(Nc4nn(C)cc4[N+](=O)[O-])nc3c(NCC3CC3)n2)c1Cl. The van der Waals surface area contributed by atoms with Crippen molar-refractivity contribution in [1.82, 2.24) is 24.7 Å². The first kappa shape index (κ1) is 24.8. The lowest BCUT2D eigenvalue weighted by atomic mass is 10.1. The molecule has 4 aromatic rings. The number of methoxy groups -OCH3 is 2. The first-order valence-corrected chi connectivity index (χ1v) is 12.0. The molecule has 3 heterocycles. The lowest BCUT2D eigenvalue weighted by Gasteiger charge is -2.16. The van der Waals surface area contributed by atoms with Crippen LogP contribution in [0.1, 0.15) is 12.8 Å². The van der Waals surface area contributed by atoms with Crippen molar-refractivity contribution in [2.24, 2.45) is 13.0 Å². The summed E-state index contributed by atoms with van der Waals surface area (Å²) in [6.07, 6.45) is 5.17. The Labute approximate surface area is 221 Å². The quantitative estimate of drug-likeness (QED) is 0.212. The number of hydrogen-bond acceptors (Lipinski definition) is 10. The van der Waals surface area contributed by atoms with Gasteiger partial charge in [0.15, 0.2) is 5.82 Å². The molecule has 0 bridgehead atoms. The number of anilines is 3. The molecule has 14 heteroatoms. The number of pyridine rings is 1. The molecule has 0 atom stereocenters. The molecule has 12 nitrogen and oxygen atoms in total. The highest BCUT2D eigenvalue weighted by Gasteiger charge is 2.25. The lowest BCUT2D eigenvalue weighted by molar-refractivity contribution is -0.384. The van der Waals surface area contributed by atoms with Crippen LogP contribution >= 0.6 is 23.2 Å². The van der Waals surface area contributed by atoms with E-state index in [9.17, 15) is 10.1 Å². The minimum absolute atomic E-state index is 0.0333. The average molecular weight is 545 g/mol. The van der Waals surface area contributed by atoms with E-state index in [2.05, 4.69) is 25.7 Å². The van der Waals surface area contributed by atoms with E-state index in [1.54, 1.807) is 25.4 Å². The van der Waals surface area contributed by atoms with Gasteiger partial charge >= 0.3 is 5.69 Å². The van der Waals surface area contributed by atoms with E-state index in [1.807, 2.05) is 0 Å². The maximum Gasteiger partial charge on any atom is 0.331 e. The van der Waals surface area contributed by atoms with Crippen molar-refractivity contribution in [3.05, 3.63) is 44.7 Å². The van der Waals surface area contributed by atoms with Crippen LogP contribution in [0.3, 0.4) is 0 Å². The zero-order chi connectivity index (χ0) is 26.3. The molecule has 0 amide bonds. The summed E-state index contributed by atoms with van der Waals surface area (Å²) in [5.41, 5.74) is 1.25. The highest BCUT2D eigenvalue weighted by atomic mass is 35.5. The van der Waals surface area contributed by atoms with E-state index in [0.717, 1.165) is 12.8 Å². The summed E-state index contributed by atoms with van der Waals surface area (Å²) in [5, 5.41) is 22.9. The standard InChI is InChI=1S/C23H22Cl2N8O4/c1-32-10-14(33(34)35)21(31-32)30-23-27-9-12-6-13(28-22(20(12)29-23)26-8-11-4-5-11)17-18(24)15(36-2)7-16(37-3)19(17)25/h6-7,9-11H,4-5,8H2,1-3H3,(H,26,28)(H,27,29,30,31). The van der Waals surface area contributed by atoms with Crippen LogP contribution in [0.5, 0.6) is 11.5 Å². The van der Waals surface area contributed by atoms with E-state index < -0.39 is 4.92 Å². The van der Waals surface area contributed by atoms with Gasteiger partial charge in [-0.15, -0.1) is 5.10 Å². The molecule has 5 rings (SSSR count). The molecule has 192 valence electrons. The second-order valence-corrected chi connectivity index (χ2v) is 9.27. The molecule has 1 saturated carbocycles. The van der Waals surface area contributed by atoms with Crippen molar-refractivity contribution in [2.45, 2.75) is 12.8 Å². The predicted molar refractivity (Wildman–Crippen MR) is 140 cm³/mol. The van der Waals surface area contributed by atoms with Gasteiger partial charge in [-0.1, -0.05) is 23.2 Å². The van der Waals surface area contributed by atoms with Gasteiger partial charge in [0, 0.05) is 36.8 Å². The summed E-state index contributed by atoms with van der Waals surface area (Å²) in [4.78, 5) is 24.6. The topological polar surface area (TPSA) is 142 Å². The molecule has 1 fully saturated rings. The summed E-state index contributed by atoms with van der Waals surface area (Å²) < 4.78 is 12.2. The van der Waals surface area contributed by atoms with E-state index in [0.29, 0.717) is 51.9 Å². The summed E-state index contributed by atoms with van der Waals surface area (Å²) in [7, 11) is 4.60.